The van der Waals surface area contributed by atoms with Gasteiger partial charge in [-0.3, -0.25) is 4.79 Å². The van der Waals surface area contributed by atoms with E-state index >= 15 is 0 Å². The van der Waals surface area contributed by atoms with Crippen molar-refractivity contribution in [3.63, 3.8) is 0 Å². The molecule has 1 saturated heterocycles. The number of halogens is 1. The molecule has 0 radical (unpaired) electrons. The van der Waals surface area contributed by atoms with E-state index in [2.05, 4.69) is 9.97 Å². The van der Waals surface area contributed by atoms with Crippen molar-refractivity contribution >= 4 is 17.7 Å². The number of nitrogens with zero attached hydrogens (tertiary/aromatic N) is 3. The molecule has 5 nitrogen and oxygen atoms in total. The first-order chi connectivity index (χ1) is 11.2. The SMILES string of the molecule is CSc1ncccc1C(=O)N1CCC(Oc2cccc(F)n2)C1. The minimum Gasteiger partial charge on any atom is -0.472 e. The molecule has 7 heteroatoms. The van der Waals surface area contributed by atoms with Crippen LogP contribution < -0.4 is 4.74 Å². The smallest absolute Gasteiger partial charge is 0.256 e. The number of aromatic nitrogens is 2. The molecule has 1 aliphatic rings. The highest BCUT2D eigenvalue weighted by atomic mass is 32.2. The second kappa shape index (κ2) is 6.95. The zero-order chi connectivity index (χ0) is 16.2. The van der Waals surface area contributed by atoms with Crippen LogP contribution >= 0.6 is 11.8 Å². The second-order valence-electron chi connectivity index (χ2n) is 5.14. The van der Waals surface area contributed by atoms with E-state index in [4.69, 9.17) is 4.74 Å². The van der Waals surface area contributed by atoms with Gasteiger partial charge in [0.15, 0.2) is 0 Å². The number of carbonyl (C=O) groups excluding carboxylic acids is 1. The third-order valence-electron chi connectivity index (χ3n) is 3.60. The Labute approximate surface area is 137 Å². The fourth-order valence-electron chi connectivity index (χ4n) is 2.52. The molecule has 0 aromatic carbocycles. The van der Waals surface area contributed by atoms with Crippen molar-refractivity contribution in [3.05, 3.63) is 48.0 Å². The molecular formula is C16H16FN3O2S. The maximum absolute atomic E-state index is 13.1. The summed E-state index contributed by atoms with van der Waals surface area (Å²) in [6.45, 7) is 1.06. The van der Waals surface area contributed by atoms with Crippen LogP contribution in [0.15, 0.2) is 41.6 Å². The van der Waals surface area contributed by atoms with Crippen LogP contribution in [0.5, 0.6) is 5.88 Å². The quantitative estimate of drug-likeness (QED) is 0.636. The minimum absolute atomic E-state index is 0.0549. The van der Waals surface area contributed by atoms with Crippen molar-refractivity contribution in [2.75, 3.05) is 19.3 Å². The number of carbonyl (C=O) groups is 1. The van der Waals surface area contributed by atoms with Gasteiger partial charge in [-0.05, 0) is 24.5 Å². The first-order valence-corrected chi connectivity index (χ1v) is 8.47. The van der Waals surface area contributed by atoms with E-state index in [-0.39, 0.29) is 17.9 Å². The maximum atomic E-state index is 13.1. The summed E-state index contributed by atoms with van der Waals surface area (Å²) in [6.07, 6.45) is 4.08. The van der Waals surface area contributed by atoms with Gasteiger partial charge in [-0.25, -0.2) is 4.98 Å². The van der Waals surface area contributed by atoms with Crippen molar-refractivity contribution in [2.24, 2.45) is 0 Å². The van der Waals surface area contributed by atoms with E-state index in [1.165, 1.54) is 17.8 Å². The van der Waals surface area contributed by atoms with Gasteiger partial charge in [0.25, 0.3) is 5.91 Å². The molecule has 1 amide bonds. The Morgan fingerprint density at radius 3 is 3.04 bits per heavy atom. The van der Waals surface area contributed by atoms with Crippen molar-refractivity contribution in [2.45, 2.75) is 17.6 Å². The molecule has 23 heavy (non-hydrogen) atoms. The Morgan fingerprint density at radius 1 is 1.39 bits per heavy atom. The third-order valence-corrected chi connectivity index (χ3v) is 4.32. The number of ether oxygens (including phenoxy) is 1. The van der Waals surface area contributed by atoms with Gasteiger partial charge >= 0.3 is 0 Å². The Hall–Kier alpha value is -2.15. The van der Waals surface area contributed by atoms with E-state index in [0.29, 0.717) is 30.1 Å². The van der Waals surface area contributed by atoms with Crippen molar-refractivity contribution in [1.82, 2.24) is 14.9 Å². The average molecular weight is 333 g/mol. The summed E-state index contributed by atoms with van der Waals surface area (Å²) in [5.41, 5.74) is 0.601. The molecule has 3 rings (SSSR count). The Kier molecular flexibility index (Phi) is 4.76. The highest BCUT2D eigenvalue weighted by Crippen LogP contribution is 2.22. The van der Waals surface area contributed by atoms with Crippen molar-refractivity contribution in [3.8, 4) is 5.88 Å². The second-order valence-corrected chi connectivity index (χ2v) is 5.93. The number of amides is 1. The van der Waals surface area contributed by atoms with E-state index in [0.717, 1.165) is 0 Å². The van der Waals surface area contributed by atoms with Crippen LogP contribution in [0, 0.1) is 5.95 Å². The number of rotatable bonds is 4. The first-order valence-electron chi connectivity index (χ1n) is 7.25. The number of hydrogen-bond acceptors (Lipinski definition) is 5. The summed E-state index contributed by atoms with van der Waals surface area (Å²) < 4.78 is 18.7. The molecule has 0 spiro atoms. The predicted octanol–water partition coefficient (Wildman–Crippen LogP) is 2.63. The number of thioether (sulfide) groups is 1. The zero-order valence-electron chi connectivity index (χ0n) is 12.6. The molecule has 0 N–H and O–H groups in total. The fraction of sp³-hybridized carbons (Fsp3) is 0.312. The molecule has 2 aromatic rings. The molecule has 0 aliphatic carbocycles. The largest absolute Gasteiger partial charge is 0.472 e. The van der Waals surface area contributed by atoms with Crippen LogP contribution in [0.25, 0.3) is 0 Å². The van der Waals surface area contributed by atoms with Crippen molar-refractivity contribution in [1.29, 1.82) is 0 Å². The Balaban J connectivity index is 1.66. The number of likely N-dealkylation sites (tertiary alicyclic amines) is 1. The number of pyridine rings is 2. The Morgan fingerprint density at radius 2 is 2.26 bits per heavy atom. The zero-order valence-corrected chi connectivity index (χ0v) is 13.4. The fourth-order valence-corrected chi connectivity index (χ4v) is 3.06. The lowest BCUT2D eigenvalue weighted by atomic mass is 10.2. The highest BCUT2D eigenvalue weighted by molar-refractivity contribution is 7.98. The van der Waals surface area contributed by atoms with E-state index in [1.54, 1.807) is 35.4 Å². The average Bonchev–Trinajstić information content (AvgIpc) is 3.02. The number of hydrogen-bond donors (Lipinski definition) is 0. The topological polar surface area (TPSA) is 55.3 Å². The third kappa shape index (κ3) is 3.61. The lowest BCUT2D eigenvalue weighted by molar-refractivity contribution is 0.0766. The molecule has 1 aliphatic heterocycles. The van der Waals surface area contributed by atoms with Gasteiger partial charge in [-0.1, -0.05) is 6.07 Å². The maximum Gasteiger partial charge on any atom is 0.256 e. The van der Waals surface area contributed by atoms with Crippen molar-refractivity contribution < 1.29 is 13.9 Å². The van der Waals surface area contributed by atoms with Crippen LogP contribution in [0.2, 0.25) is 0 Å². The van der Waals surface area contributed by atoms with E-state index < -0.39 is 5.95 Å². The van der Waals surface area contributed by atoms with Gasteiger partial charge in [0.2, 0.25) is 11.8 Å². The molecule has 1 fully saturated rings. The van der Waals surface area contributed by atoms with Gasteiger partial charge < -0.3 is 9.64 Å². The minimum atomic E-state index is -0.576. The van der Waals surface area contributed by atoms with E-state index in [9.17, 15) is 9.18 Å². The molecule has 2 aromatic heterocycles. The monoisotopic (exact) mass is 333 g/mol. The highest BCUT2D eigenvalue weighted by Gasteiger charge is 2.29. The summed E-state index contributed by atoms with van der Waals surface area (Å²) in [5.74, 6) is -0.385. The summed E-state index contributed by atoms with van der Waals surface area (Å²) in [4.78, 5) is 22.3. The molecule has 1 atom stereocenters. The normalized spacial score (nSPS) is 17.3. The lowest BCUT2D eigenvalue weighted by Gasteiger charge is -2.18. The predicted molar refractivity (Wildman–Crippen MR) is 85.1 cm³/mol. The molecular weight excluding hydrogens is 317 g/mol. The van der Waals surface area contributed by atoms with Gasteiger partial charge in [0, 0.05) is 25.2 Å². The molecule has 120 valence electrons. The van der Waals surface area contributed by atoms with E-state index in [1.807, 2.05) is 6.26 Å². The summed E-state index contributed by atoms with van der Waals surface area (Å²) in [5, 5.41) is 0.716. The first kappa shape index (κ1) is 15.7. The molecule has 3 heterocycles. The van der Waals surface area contributed by atoms with Crippen LogP contribution in [0.4, 0.5) is 4.39 Å². The Bertz CT molecular complexity index is 713. The van der Waals surface area contributed by atoms with Gasteiger partial charge in [-0.15, -0.1) is 11.8 Å². The summed E-state index contributed by atoms with van der Waals surface area (Å²) in [6, 6.07) is 7.97. The molecule has 0 bridgehead atoms. The van der Waals surface area contributed by atoms with Crippen LogP contribution in [0.1, 0.15) is 16.8 Å². The van der Waals surface area contributed by atoms with Gasteiger partial charge in [-0.2, -0.15) is 9.37 Å². The van der Waals surface area contributed by atoms with Crippen LogP contribution in [0.3, 0.4) is 0 Å². The lowest BCUT2D eigenvalue weighted by Crippen LogP contribution is -2.31. The standard InChI is InChI=1S/C16H16FN3O2S/c1-23-15-12(4-3-8-18-15)16(21)20-9-7-11(10-20)22-14-6-2-5-13(17)19-14/h2-6,8,11H,7,9-10H2,1H3. The summed E-state index contributed by atoms with van der Waals surface area (Å²) >= 11 is 1.45. The molecule has 0 saturated carbocycles. The van der Waals surface area contributed by atoms with Crippen LogP contribution in [-0.4, -0.2) is 46.2 Å². The summed E-state index contributed by atoms with van der Waals surface area (Å²) in [7, 11) is 0. The molecule has 1 unspecified atom stereocenters. The van der Waals surface area contributed by atoms with Crippen LogP contribution in [-0.2, 0) is 0 Å². The van der Waals surface area contributed by atoms with Gasteiger partial charge in [0.1, 0.15) is 11.1 Å². The van der Waals surface area contributed by atoms with Gasteiger partial charge in [0.05, 0.1) is 12.1 Å².